The Balaban J connectivity index is 2.23. The summed E-state index contributed by atoms with van der Waals surface area (Å²) in [5, 5.41) is 11.0. The molecule has 0 heterocycles. The Bertz CT molecular complexity index is 599. The average molecular weight is 405 g/mol. The van der Waals surface area contributed by atoms with Gasteiger partial charge >= 0.3 is 0 Å². The highest BCUT2D eigenvalue weighted by Crippen LogP contribution is 2.28. The summed E-state index contributed by atoms with van der Waals surface area (Å²) in [7, 11) is 0. The number of aryl methyl sites for hydroxylation is 1. The van der Waals surface area contributed by atoms with E-state index in [1.807, 2.05) is 43.3 Å². The first-order chi connectivity index (χ1) is 8.97. The summed E-state index contributed by atoms with van der Waals surface area (Å²) in [5.74, 6) is 0. The zero-order chi connectivity index (χ0) is 14.0. The lowest BCUT2D eigenvalue weighted by atomic mass is 9.98. The third kappa shape index (κ3) is 3.82. The quantitative estimate of drug-likeness (QED) is 0.721. The number of rotatable bonds is 3. The van der Waals surface area contributed by atoms with Crippen molar-refractivity contribution in [3.63, 3.8) is 0 Å². The highest BCUT2D eigenvalue weighted by Gasteiger charge is 2.13. The molecule has 1 N–H and O–H groups in total. The van der Waals surface area contributed by atoms with Crippen LogP contribution in [0.5, 0.6) is 0 Å². The molecular weight excluding hydrogens is 391 g/mol. The molecule has 0 bridgehead atoms. The highest BCUT2D eigenvalue weighted by molar-refractivity contribution is 9.10. The van der Waals surface area contributed by atoms with Crippen LogP contribution in [0.4, 0.5) is 0 Å². The van der Waals surface area contributed by atoms with Crippen molar-refractivity contribution >= 4 is 43.5 Å². The predicted octanol–water partition coefficient (Wildman–Crippen LogP) is 5.45. The second-order valence-corrected chi connectivity index (χ2v) is 6.70. The average Bonchev–Trinajstić information content (AvgIpc) is 2.32. The Labute approximate surface area is 134 Å². The van der Waals surface area contributed by atoms with E-state index in [2.05, 4.69) is 31.9 Å². The van der Waals surface area contributed by atoms with E-state index >= 15 is 0 Å². The lowest BCUT2D eigenvalue weighted by molar-refractivity contribution is 0.177. The van der Waals surface area contributed by atoms with E-state index in [1.54, 1.807) is 0 Å². The second kappa shape index (κ2) is 6.40. The van der Waals surface area contributed by atoms with Gasteiger partial charge in [0.1, 0.15) is 0 Å². The van der Waals surface area contributed by atoms with Crippen molar-refractivity contribution in [3.05, 3.63) is 67.1 Å². The molecule has 1 unspecified atom stereocenters. The standard InChI is InChI=1S/C15H13Br2ClO/c1-9-6-11(16)4-5-13(9)15(19)7-10-2-3-12(17)8-14(10)18/h2-6,8,15,19H,7H2,1H3. The summed E-state index contributed by atoms with van der Waals surface area (Å²) >= 11 is 13.0. The van der Waals surface area contributed by atoms with E-state index in [0.29, 0.717) is 11.4 Å². The third-order valence-corrected chi connectivity index (χ3v) is 4.36. The van der Waals surface area contributed by atoms with E-state index in [9.17, 15) is 5.11 Å². The molecule has 100 valence electrons. The molecule has 0 amide bonds. The summed E-state index contributed by atoms with van der Waals surface area (Å²) in [6, 6.07) is 11.6. The smallest absolute Gasteiger partial charge is 0.0833 e. The van der Waals surface area contributed by atoms with E-state index in [-0.39, 0.29) is 0 Å². The maximum absolute atomic E-state index is 10.4. The number of benzene rings is 2. The van der Waals surface area contributed by atoms with Gasteiger partial charge in [0, 0.05) is 20.4 Å². The monoisotopic (exact) mass is 402 g/mol. The van der Waals surface area contributed by atoms with E-state index in [0.717, 1.165) is 25.6 Å². The van der Waals surface area contributed by atoms with Gasteiger partial charge in [0.15, 0.2) is 0 Å². The van der Waals surface area contributed by atoms with Crippen LogP contribution in [0.1, 0.15) is 22.8 Å². The minimum absolute atomic E-state index is 0.509. The summed E-state index contributed by atoms with van der Waals surface area (Å²) in [6.07, 6.45) is -0.0408. The van der Waals surface area contributed by atoms with Gasteiger partial charge in [-0.1, -0.05) is 55.6 Å². The molecule has 19 heavy (non-hydrogen) atoms. The molecule has 0 saturated carbocycles. The van der Waals surface area contributed by atoms with Crippen molar-refractivity contribution in [2.24, 2.45) is 0 Å². The minimum atomic E-state index is -0.549. The van der Waals surface area contributed by atoms with Gasteiger partial charge in [-0.3, -0.25) is 0 Å². The largest absolute Gasteiger partial charge is 0.388 e. The maximum Gasteiger partial charge on any atom is 0.0833 e. The van der Waals surface area contributed by atoms with E-state index in [4.69, 9.17) is 11.6 Å². The summed E-state index contributed by atoms with van der Waals surface area (Å²) < 4.78 is 1.96. The molecule has 1 atom stereocenters. The molecule has 1 nitrogen and oxygen atoms in total. The number of halogens is 3. The molecule has 4 heteroatoms. The van der Waals surface area contributed by atoms with Gasteiger partial charge in [0.2, 0.25) is 0 Å². The molecular formula is C15H13Br2ClO. The van der Waals surface area contributed by atoms with Gasteiger partial charge in [-0.25, -0.2) is 0 Å². The van der Waals surface area contributed by atoms with Gasteiger partial charge < -0.3 is 5.11 Å². The third-order valence-electron chi connectivity index (χ3n) is 3.02. The van der Waals surface area contributed by atoms with Gasteiger partial charge in [-0.05, 0) is 47.9 Å². The number of hydrogen-bond acceptors (Lipinski definition) is 1. The summed E-state index contributed by atoms with van der Waals surface area (Å²) in [5.41, 5.74) is 2.94. The van der Waals surface area contributed by atoms with Crippen molar-refractivity contribution in [1.29, 1.82) is 0 Å². The van der Waals surface area contributed by atoms with Crippen molar-refractivity contribution in [3.8, 4) is 0 Å². The van der Waals surface area contributed by atoms with Crippen LogP contribution in [-0.2, 0) is 6.42 Å². The number of aliphatic hydroxyl groups is 1. The van der Waals surface area contributed by atoms with Gasteiger partial charge in [-0.2, -0.15) is 0 Å². The van der Waals surface area contributed by atoms with Crippen molar-refractivity contribution in [2.45, 2.75) is 19.4 Å². The normalized spacial score (nSPS) is 12.5. The molecule has 0 fully saturated rings. The van der Waals surface area contributed by atoms with Crippen LogP contribution in [0, 0.1) is 6.92 Å². The first kappa shape index (κ1) is 15.0. The van der Waals surface area contributed by atoms with Crippen LogP contribution in [0.15, 0.2) is 45.3 Å². The molecule has 0 aliphatic heterocycles. The Kier molecular flexibility index (Phi) is 5.07. The van der Waals surface area contributed by atoms with Gasteiger partial charge in [0.25, 0.3) is 0 Å². The van der Waals surface area contributed by atoms with Crippen LogP contribution < -0.4 is 0 Å². The molecule has 2 aromatic carbocycles. The lowest BCUT2D eigenvalue weighted by Gasteiger charge is -2.15. The summed E-state index contributed by atoms with van der Waals surface area (Å²) in [6.45, 7) is 1.99. The lowest BCUT2D eigenvalue weighted by Crippen LogP contribution is -2.04. The minimum Gasteiger partial charge on any atom is -0.388 e. The molecule has 0 aromatic heterocycles. The Morgan fingerprint density at radius 1 is 1.11 bits per heavy atom. The molecule has 0 saturated heterocycles. The maximum atomic E-state index is 10.4. The fourth-order valence-electron chi connectivity index (χ4n) is 2.02. The number of aliphatic hydroxyl groups excluding tert-OH is 1. The first-order valence-electron chi connectivity index (χ1n) is 5.85. The fourth-order valence-corrected chi connectivity index (χ4v) is 3.24. The van der Waals surface area contributed by atoms with Crippen LogP contribution in [0.2, 0.25) is 5.02 Å². The van der Waals surface area contributed by atoms with Gasteiger partial charge in [0.05, 0.1) is 6.10 Å². The van der Waals surface area contributed by atoms with Crippen LogP contribution in [-0.4, -0.2) is 5.11 Å². The molecule has 0 aliphatic rings. The molecule has 0 spiro atoms. The van der Waals surface area contributed by atoms with E-state index in [1.165, 1.54) is 0 Å². The van der Waals surface area contributed by atoms with Crippen LogP contribution in [0.3, 0.4) is 0 Å². The highest BCUT2D eigenvalue weighted by atomic mass is 79.9. The van der Waals surface area contributed by atoms with Crippen molar-refractivity contribution in [2.75, 3.05) is 0 Å². The Hall–Kier alpha value is -0.350. The second-order valence-electron chi connectivity index (χ2n) is 4.46. The fraction of sp³-hybridized carbons (Fsp3) is 0.200. The van der Waals surface area contributed by atoms with Crippen LogP contribution >= 0.6 is 43.5 Å². The summed E-state index contributed by atoms with van der Waals surface area (Å²) in [4.78, 5) is 0. The molecule has 0 radical (unpaired) electrons. The Morgan fingerprint density at radius 2 is 1.74 bits per heavy atom. The SMILES string of the molecule is Cc1cc(Br)ccc1C(O)Cc1ccc(Br)cc1Cl. The zero-order valence-electron chi connectivity index (χ0n) is 10.3. The molecule has 2 rings (SSSR count). The molecule has 2 aromatic rings. The van der Waals surface area contributed by atoms with Crippen molar-refractivity contribution < 1.29 is 5.11 Å². The van der Waals surface area contributed by atoms with Gasteiger partial charge in [-0.15, -0.1) is 0 Å². The topological polar surface area (TPSA) is 20.2 Å². The Morgan fingerprint density at radius 3 is 2.37 bits per heavy atom. The van der Waals surface area contributed by atoms with Crippen molar-refractivity contribution in [1.82, 2.24) is 0 Å². The zero-order valence-corrected chi connectivity index (χ0v) is 14.3. The van der Waals surface area contributed by atoms with E-state index < -0.39 is 6.10 Å². The van der Waals surface area contributed by atoms with Crippen LogP contribution in [0.25, 0.3) is 0 Å². The number of hydrogen-bond donors (Lipinski definition) is 1. The predicted molar refractivity (Wildman–Crippen MR) is 86.7 cm³/mol. The first-order valence-corrected chi connectivity index (χ1v) is 7.82. The molecule has 0 aliphatic carbocycles.